The molecule has 0 spiro atoms. The monoisotopic (exact) mass is 172 g/mol. The topological polar surface area (TPSA) is 34.0 Å². The van der Waals surface area contributed by atoms with Gasteiger partial charge in [0.05, 0.1) is 0 Å². The summed E-state index contributed by atoms with van der Waals surface area (Å²) in [5.41, 5.74) is 0.0856. The van der Waals surface area contributed by atoms with Gasteiger partial charge >= 0.3 is 0 Å². The molecule has 2 heterocycles. The number of anilines is 1. The number of hydrogen-bond donors (Lipinski definition) is 1. The summed E-state index contributed by atoms with van der Waals surface area (Å²) in [4.78, 5) is 11.0. The highest BCUT2D eigenvalue weighted by molar-refractivity contribution is 5.85. The zero-order valence-corrected chi connectivity index (χ0v) is 6.73. The number of nitrogens with one attached hydrogen (secondary N) is 1. The van der Waals surface area contributed by atoms with Gasteiger partial charge in [-0.1, -0.05) is 6.07 Å². The second kappa shape index (κ2) is 2.96. The third-order valence-corrected chi connectivity index (χ3v) is 1.69. The molecule has 0 bridgehead atoms. The number of fused-ring (bicyclic) bond motifs is 1. The Labute approximate surface area is 70.4 Å². The van der Waals surface area contributed by atoms with Gasteiger partial charge in [-0.2, -0.15) is 0 Å². The zero-order valence-electron chi connectivity index (χ0n) is 5.91. The number of pyridine rings is 1. The van der Waals surface area contributed by atoms with E-state index in [0.29, 0.717) is 0 Å². The predicted octanol–water partition coefficient (Wildman–Crippen LogP) is 0.696. The maximum absolute atomic E-state index is 11.0. The first-order valence-electron chi connectivity index (χ1n) is 3.32. The van der Waals surface area contributed by atoms with Crippen LogP contribution >= 0.6 is 12.4 Å². The smallest absolute Gasteiger partial charge is 0.252 e. The standard InChI is InChI=1S/C7H8N2O.ClH/c10-7-3-1-2-6-8-4-5-9(6)7;/h1-3,8H,4-5H2;1H. The molecule has 0 radical (unpaired) electrons. The minimum atomic E-state index is 0. The molecule has 0 saturated heterocycles. The Bertz CT molecular complexity index is 308. The highest BCUT2D eigenvalue weighted by Gasteiger charge is 2.07. The van der Waals surface area contributed by atoms with E-state index in [2.05, 4.69) is 5.32 Å². The van der Waals surface area contributed by atoms with Crippen LogP contribution in [0.3, 0.4) is 0 Å². The van der Waals surface area contributed by atoms with Crippen LogP contribution in [0, 0.1) is 0 Å². The number of rotatable bonds is 0. The van der Waals surface area contributed by atoms with E-state index >= 15 is 0 Å². The summed E-state index contributed by atoms with van der Waals surface area (Å²) in [7, 11) is 0. The van der Waals surface area contributed by atoms with E-state index in [1.54, 1.807) is 16.7 Å². The van der Waals surface area contributed by atoms with Crippen LogP contribution in [-0.4, -0.2) is 11.1 Å². The first-order chi connectivity index (χ1) is 4.88. The van der Waals surface area contributed by atoms with E-state index in [0.717, 1.165) is 18.9 Å². The van der Waals surface area contributed by atoms with Gasteiger partial charge in [-0.3, -0.25) is 9.36 Å². The van der Waals surface area contributed by atoms with E-state index < -0.39 is 0 Å². The molecule has 0 atom stereocenters. The summed E-state index contributed by atoms with van der Waals surface area (Å²) in [5, 5.41) is 3.10. The minimum absolute atomic E-state index is 0. The molecule has 4 heteroatoms. The molecule has 3 nitrogen and oxygen atoms in total. The van der Waals surface area contributed by atoms with Crippen LogP contribution in [0.5, 0.6) is 0 Å². The quantitative estimate of drug-likeness (QED) is 0.625. The van der Waals surface area contributed by atoms with Crippen molar-refractivity contribution in [1.29, 1.82) is 0 Å². The highest BCUT2D eigenvalue weighted by atomic mass is 35.5. The van der Waals surface area contributed by atoms with Gasteiger partial charge in [-0.05, 0) is 6.07 Å². The molecule has 0 saturated carbocycles. The molecule has 0 aromatic carbocycles. The van der Waals surface area contributed by atoms with Gasteiger partial charge < -0.3 is 5.32 Å². The van der Waals surface area contributed by atoms with Crippen molar-refractivity contribution in [3.63, 3.8) is 0 Å². The number of hydrogen-bond acceptors (Lipinski definition) is 2. The Morgan fingerprint density at radius 2 is 2.27 bits per heavy atom. The van der Waals surface area contributed by atoms with Gasteiger partial charge in [-0.15, -0.1) is 12.4 Å². The fourth-order valence-corrected chi connectivity index (χ4v) is 1.20. The van der Waals surface area contributed by atoms with Crippen LogP contribution in [0.15, 0.2) is 23.0 Å². The molecule has 1 aliphatic rings. The lowest BCUT2D eigenvalue weighted by molar-refractivity contribution is 0.773. The van der Waals surface area contributed by atoms with E-state index in [1.807, 2.05) is 6.07 Å². The van der Waals surface area contributed by atoms with Crippen LogP contribution in [0.4, 0.5) is 5.82 Å². The summed E-state index contributed by atoms with van der Waals surface area (Å²) < 4.78 is 1.74. The Kier molecular flexibility index (Phi) is 2.19. The molecule has 0 amide bonds. The van der Waals surface area contributed by atoms with Gasteiger partial charge in [0.25, 0.3) is 5.56 Å². The molecule has 11 heavy (non-hydrogen) atoms. The number of nitrogens with zero attached hydrogens (tertiary/aromatic N) is 1. The molecule has 60 valence electrons. The first-order valence-corrected chi connectivity index (χ1v) is 3.32. The number of aromatic nitrogens is 1. The predicted molar refractivity (Wildman–Crippen MR) is 46.4 cm³/mol. The summed E-state index contributed by atoms with van der Waals surface area (Å²) in [5.74, 6) is 0.938. The lowest BCUT2D eigenvalue weighted by atomic mass is 10.4. The average molecular weight is 173 g/mol. The van der Waals surface area contributed by atoms with Crippen molar-refractivity contribution in [1.82, 2.24) is 4.57 Å². The third kappa shape index (κ3) is 1.24. The third-order valence-electron chi connectivity index (χ3n) is 1.69. The second-order valence-electron chi connectivity index (χ2n) is 2.33. The van der Waals surface area contributed by atoms with Gasteiger partial charge in [0.15, 0.2) is 0 Å². The zero-order chi connectivity index (χ0) is 6.97. The van der Waals surface area contributed by atoms with Crippen molar-refractivity contribution in [2.45, 2.75) is 6.54 Å². The van der Waals surface area contributed by atoms with Crippen molar-refractivity contribution in [3.8, 4) is 0 Å². The Hall–Kier alpha value is -0.960. The molecular formula is C7H9ClN2O. The molecular weight excluding hydrogens is 164 g/mol. The van der Waals surface area contributed by atoms with Crippen LogP contribution in [0.2, 0.25) is 0 Å². The van der Waals surface area contributed by atoms with Crippen LogP contribution < -0.4 is 10.9 Å². The molecule has 1 N–H and O–H groups in total. The van der Waals surface area contributed by atoms with Crippen molar-refractivity contribution in [2.24, 2.45) is 0 Å². The summed E-state index contributed by atoms with van der Waals surface area (Å²) in [6.07, 6.45) is 0. The van der Waals surface area contributed by atoms with E-state index in [-0.39, 0.29) is 18.0 Å². The SMILES string of the molecule is Cl.O=c1cccc2n1CCN2. The van der Waals surface area contributed by atoms with Crippen molar-refractivity contribution in [2.75, 3.05) is 11.9 Å². The van der Waals surface area contributed by atoms with Gasteiger partial charge in [-0.25, -0.2) is 0 Å². The van der Waals surface area contributed by atoms with Crippen molar-refractivity contribution in [3.05, 3.63) is 28.6 Å². The lowest BCUT2D eigenvalue weighted by Crippen LogP contribution is -2.15. The van der Waals surface area contributed by atoms with Gasteiger partial charge in [0.1, 0.15) is 5.82 Å². The fraction of sp³-hybridized carbons (Fsp3) is 0.286. The molecule has 0 unspecified atom stereocenters. The maximum atomic E-state index is 11.0. The summed E-state index contributed by atoms with van der Waals surface area (Å²) in [6, 6.07) is 5.26. The van der Waals surface area contributed by atoms with Crippen molar-refractivity contribution < 1.29 is 0 Å². The molecule has 0 fully saturated rings. The normalized spacial score (nSPS) is 13.1. The molecule has 2 rings (SSSR count). The number of halogens is 1. The second-order valence-corrected chi connectivity index (χ2v) is 2.33. The lowest BCUT2D eigenvalue weighted by Gasteiger charge is -1.97. The minimum Gasteiger partial charge on any atom is -0.370 e. The first kappa shape index (κ1) is 8.14. The van der Waals surface area contributed by atoms with E-state index in [4.69, 9.17) is 0 Å². The van der Waals surface area contributed by atoms with Crippen molar-refractivity contribution >= 4 is 18.2 Å². The van der Waals surface area contributed by atoms with Gasteiger partial charge in [0, 0.05) is 19.2 Å². The van der Waals surface area contributed by atoms with E-state index in [9.17, 15) is 4.79 Å². The summed E-state index contributed by atoms with van der Waals surface area (Å²) in [6.45, 7) is 1.67. The fourth-order valence-electron chi connectivity index (χ4n) is 1.20. The Morgan fingerprint density at radius 1 is 1.45 bits per heavy atom. The van der Waals surface area contributed by atoms with Gasteiger partial charge in [0.2, 0.25) is 0 Å². The van der Waals surface area contributed by atoms with E-state index in [1.165, 1.54) is 0 Å². The van der Waals surface area contributed by atoms with Crippen LogP contribution in [0.25, 0.3) is 0 Å². The Balaban J connectivity index is 0.000000605. The molecule has 1 aliphatic heterocycles. The molecule has 0 aliphatic carbocycles. The maximum Gasteiger partial charge on any atom is 0.252 e. The Morgan fingerprint density at radius 3 is 3.00 bits per heavy atom. The van der Waals surface area contributed by atoms with Crippen LogP contribution in [-0.2, 0) is 6.54 Å². The largest absolute Gasteiger partial charge is 0.370 e. The summed E-state index contributed by atoms with van der Waals surface area (Å²) >= 11 is 0. The average Bonchev–Trinajstić information content (AvgIpc) is 2.36. The van der Waals surface area contributed by atoms with Crippen LogP contribution in [0.1, 0.15) is 0 Å². The highest BCUT2D eigenvalue weighted by Crippen LogP contribution is 2.07. The molecule has 1 aromatic rings. The molecule has 1 aromatic heterocycles.